The molecule has 1 fully saturated rings. The molecule has 1 unspecified atom stereocenters. The first-order valence-electron chi connectivity index (χ1n) is 5.12. The third kappa shape index (κ3) is 3.73. The van der Waals surface area contributed by atoms with Crippen molar-refractivity contribution in [1.82, 2.24) is 5.32 Å². The molecule has 0 radical (unpaired) electrons. The second kappa shape index (κ2) is 5.38. The lowest BCUT2D eigenvalue weighted by Crippen LogP contribution is -2.47. The lowest BCUT2D eigenvalue weighted by Gasteiger charge is -2.22. The molecule has 1 atom stereocenters. The average molecular weight is 227 g/mol. The SMILES string of the molecule is CC(C#N)(NC(=O)CSCCN)C1CC1. The lowest BCUT2D eigenvalue weighted by atomic mass is 9.98. The molecule has 0 aliphatic heterocycles. The van der Waals surface area contributed by atoms with Crippen molar-refractivity contribution in [2.24, 2.45) is 11.7 Å². The fourth-order valence-corrected chi connectivity index (χ4v) is 2.02. The van der Waals surface area contributed by atoms with Gasteiger partial charge in [0.1, 0.15) is 5.54 Å². The number of nitrogens with zero attached hydrogens (tertiary/aromatic N) is 1. The van der Waals surface area contributed by atoms with Crippen molar-refractivity contribution in [3.63, 3.8) is 0 Å². The quantitative estimate of drug-likeness (QED) is 0.647. The van der Waals surface area contributed by atoms with E-state index >= 15 is 0 Å². The summed E-state index contributed by atoms with van der Waals surface area (Å²) >= 11 is 1.50. The Hall–Kier alpha value is -0.730. The molecule has 84 valence electrons. The molecule has 0 aromatic heterocycles. The van der Waals surface area contributed by atoms with Gasteiger partial charge < -0.3 is 11.1 Å². The second-order valence-electron chi connectivity index (χ2n) is 3.98. The first kappa shape index (κ1) is 12.3. The van der Waals surface area contributed by atoms with Crippen LogP contribution in [0.3, 0.4) is 0 Å². The fourth-order valence-electron chi connectivity index (χ4n) is 1.46. The third-order valence-electron chi connectivity index (χ3n) is 2.52. The molecular formula is C10H17N3OS. The Morgan fingerprint density at radius 1 is 1.73 bits per heavy atom. The van der Waals surface area contributed by atoms with Crippen molar-refractivity contribution in [2.75, 3.05) is 18.1 Å². The van der Waals surface area contributed by atoms with Gasteiger partial charge in [-0.25, -0.2) is 0 Å². The number of amides is 1. The first-order chi connectivity index (χ1) is 7.12. The Morgan fingerprint density at radius 3 is 2.87 bits per heavy atom. The molecular weight excluding hydrogens is 210 g/mol. The number of carbonyl (C=O) groups excluding carboxylic acids is 1. The number of carbonyl (C=O) groups is 1. The van der Waals surface area contributed by atoms with Crippen molar-refractivity contribution in [1.29, 1.82) is 5.26 Å². The summed E-state index contributed by atoms with van der Waals surface area (Å²) in [5.41, 5.74) is 4.66. The van der Waals surface area contributed by atoms with Gasteiger partial charge in [-0.1, -0.05) is 0 Å². The van der Waals surface area contributed by atoms with E-state index in [4.69, 9.17) is 11.0 Å². The van der Waals surface area contributed by atoms with E-state index in [1.807, 2.05) is 0 Å². The molecule has 0 aromatic rings. The molecule has 1 rings (SSSR count). The number of thioether (sulfide) groups is 1. The predicted octanol–water partition coefficient (Wildman–Crippen LogP) is 0.487. The Bertz CT molecular complexity index is 272. The molecule has 1 saturated carbocycles. The van der Waals surface area contributed by atoms with Crippen LogP contribution in [0.25, 0.3) is 0 Å². The van der Waals surface area contributed by atoms with Crippen molar-refractivity contribution < 1.29 is 4.79 Å². The molecule has 0 heterocycles. The van der Waals surface area contributed by atoms with Crippen molar-refractivity contribution in [3.8, 4) is 6.07 Å². The summed E-state index contributed by atoms with van der Waals surface area (Å²) < 4.78 is 0. The predicted molar refractivity (Wildman–Crippen MR) is 61.3 cm³/mol. The third-order valence-corrected chi connectivity index (χ3v) is 3.51. The zero-order chi connectivity index (χ0) is 11.3. The summed E-state index contributed by atoms with van der Waals surface area (Å²) in [5, 5.41) is 11.8. The molecule has 15 heavy (non-hydrogen) atoms. The largest absolute Gasteiger partial charge is 0.337 e. The van der Waals surface area contributed by atoms with Gasteiger partial charge in [0, 0.05) is 12.3 Å². The number of rotatable bonds is 6. The summed E-state index contributed by atoms with van der Waals surface area (Å²) in [7, 11) is 0. The van der Waals surface area contributed by atoms with E-state index in [1.54, 1.807) is 6.92 Å². The number of hydrogen-bond donors (Lipinski definition) is 2. The van der Waals surface area contributed by atoms with Crippen molar-refractivity contribution in [2.45, 2.75) is 25.3 Å². The van der Waals surface area contributed by atoms with Crippen LogP contribution in [0.2, 0.25) is 0 Å². The standard InChI is InChI=1S/C10H17N3OS/c1-10(7-12,8-2-3-8)13-9(14)6-15-5-4-11/h8H,2-6,11H2,1H3,(H,13,14). The minimum Gasteiger partial charge on any atom is -0.337 e. The van der Waals surface area contributed by atoms with E-state index in [1.165, 1.54) is 11.8 Å². The molecule has 0 spiro atoms. The van der Waals surface area contributed by atoms with E-state index in [0.717, 1.165) is 18.6 Å². The van der Waals surface area contributed by atoms with Gasteiger partial charge >= 0.3 is 0 Å². The lowest BCUT2D eigenvalue weighted by molar-refractivity contribution is -0.119. The normalized spacial score (nSPS) is 19.0. The van der Waals surface area contributed by atoms with Crippen LogP contribution in [0.4, 0.5) is 0 Å². The zero-order valence-corrected chi connectivity index (χ0v) is 9.77. The average Bonchev–Trinajstić information content (AvgIpc) is 3.01. The van der Waals surface area contributed by atoms with E-state index in [-0.39, 0.29) is 5.91 Å². The smallest absolute Gasteiger partial charge is 0.231 e. The van der Waals surface area contributed by atoms with Gasteiger partial charge in [-0.15, -0.1) is 0 Å². The minimum absolute atomic E-state index is 0.0654. The van der Waals surface area contributed by atoms with E-state index in [9.17, 15) is 4.79 Å². The molecule has 3 N–H and O–H groups in total. The number of nitriles is 1. The Labute approximate surface area is 94.6 Å². The minimum atomic E-state index is -0.666. The second-order valence-corrected chi connectivity index (χ2v) is 5.08. The monoisotopic (exact) mass is 227 g/mol. The number of hydrogen-bond acceptors (Lipinski definition) is 4. The highest BCUT2D eigenvalue weighted by atomic mass is 32.2. The molecule has 1 amide bonds. The molecule has 5 heteroatoms. The topological polar surface area (TPSA) is 78.9 Å². The highest BCUT2D eigenvalue weighted by molar-refractivity contribution is 7.99. The van der Waals surface area contributed by atoms with Crippen LogP contribution in [0.1, 0.15) is 19.8 Å². The van der Waals surface area contributed by atoms with Gasteiger partial charge in [-0.2, -0.15) is 17.0 Å². The Balaban J connectivity index is 2.32. The van der Waals surface area contributed by atoms with Crippen LogP contribution >= 0.6 is 11.8 Å². The first-order valence-corrected chi connectivity index (χ1v) is 6.28. The van der Waals surface area contributed by atoms with E-state index < -0.39 is 5.54 Å². The summed E-state index contributed by atoms with van der Waals surface area (Å²) in [6.07, 6.45) is 2.08. The van der Waals surface area contributed by atoms with Gasteiger partial charge in [0.15, 0.2) is 0 Å². The molecule has 1 aliphatic carbocycles. The molecule has 0 saturated heterocycles. The van der Waals surface area contributed by atoms with Crippen LogP contribution in [0.5, 0.6) is 0 Å². The van der Waals surface area contributed by atoms with E-state index in [2.05, 4.69) is 11.4 Å². The maximum atomic E-state index is 11.5. The Kier molecular flexibility index (Phi) is 4.43. The number of nitrogens with two attached hydrogens (primary N) is 1. The summed E-state index contributed by atoms with van der Waals surface area (Å²) in [5.74, 6) is 1.44. The van der Waals surface area contributed by atoms with Gasteiger partial charge in [-0.05, 0) is 25.7 Å². The van der Waals surface area contributed by atoms with Crippen LogP contribution in [-0.2, 0) is 4.79 Å². The fraction of sp³-hybridized carbons (Fsp3) is 0.800. The van der Waals surface area contributed by atoms with Gasteiger partial charge in [0.05, 0.1) is 11.8 Å². The maximum absolute atomic E-state index is 11.5. The van der Waals surface area contributed by atoms with Crippen LogP contribution in [0, 0.1) is 17.2 Å². The molecule has 4 nitrogen and oxygen atoms in total. The molecule has 0 aromatic carbocycles. The maximum Gasteiger partial charge on any atom is 0.231 e. The molecule has 1 aliphatic rings. The summed E-state index contributed by atoms with van der Waals surface area (Å²) in [4.78, 5) is 11.5. The molecule has 0 bridgehead atoms. The summed E-state index contributed by atoms with van der Waals surface area (Å²) in [6.45, 7) is 2.38. The summed E-state index contributed by atoms with van der Waals surface area (Å²) in [6, 6.07) is 2.20. The van der Waals surface area contributed by atoms with Gasteiger partial charge in [0.25, 0.3) is 0 Å². The zero-order valence-electron chi connectivity index (χ0n) is 8.95. The highest BCUT2D eigenvalue weighted by Crippen LogP contribution is 2.39. The Morgan fingerprint density at radius 2 is 2.40 bits per heavy atom. The van der Waals surface area contributed by atoms with E-state index in [0.29, 0.717) is 18.2 Å². The highest BCUT2D eigenvalue weighted by Gasteiger charge is 2.42. The van der Waals surface area contributed by atoms with Crippen molar-refractivity contribution in [3.05, 3.63) is 0 Å². The van der Waals surface area contributed by atoms with Crippen LogP contribution in [0.15, 0.2) is 0 Å². The van der Waals surface area contributed by atoms with Crippen molar-refractivity contribution >= 4 is 17.7 Å². The van der Waals surface area contributed by atoms with Gasteiger partial charge in [-0.3, -0.25) is 4.79 Å². The number of nitrogens with one attached hydrogen (secondary N) is 1. The van der Waals surface area contributed by atoms with Crippen LogP contribution < -0.4 is 11.1 Å². The van der Waals surface area contributed by atoms with Crippen LogP contribution in [-0.4, -0.2) is 29.5 Å². The van der Waals surface area contributed by atoms with Gasteiger partial charge in [0.2, 0.25) is 5.91 Å².